The minimum absolute atomic E-state index is 0.00564. The molecule has 0 fully saturated rings. The van der Waals surface area contributed by atoms with Crippen molar-refractivity contribution in [1.29, 1.82) is 0 Å². The monoisotopic (exact) mass is 811 g/mol. The zero-order valence-electron chi connectivity index (χ0n) is 37.2. The Morgan fingerprint density at radius 1 is 0.286 bits per heavy atom. The van der Waals surface area contributed by atoms with Crippen LogP contribution in [0, 0.1) is 0 Å². The van der Waals surface area contributed by atoms with Crippen molar-refractivity contribution in [1.82, 2.24) is 0 Å². The molecule has 0 unspecified atom stereocenters. The number of hydrogen-bond donors (Lipinski definition) is 0. The molecule has 306 valence electrons. The molecule has 0 bridgehead atoms. The number of hydrogen-bond acceptors (Lipinski definition) is 1. The first kappa shape index (κ1) is 39.9. The predicted octanol–water partition coefficient (Wildman–Crippen LogP) is 17.9. The van der Waals surface area contributed by atoms with Crippen molar-refractivity contribution in [2.45, 2.75) is 52.4 Å². The Kier molecular flexibility index (Phi) is 10.1. The normalized spacial score (nSPS) is 12.0. The molecule has 63 heavy (non-hydrogen) atoms. The predicted molar refractivity (Wildman–Crippen MR) is 273 cm³/mol. The van der Waals surface area contributed by atoms with E-state index in [2.05, 4.69) is 259 Å². The van der Waals surface area contributed by atoms with E-state index in [1.807, 2.05) is 0 Å². The van der Waals surface area contributed by atoms with Crippen molar-refractivity contribution < 1.29 is 0 Å². The molecule has 1 nitrogen and oxygen atoms in total. The Bertz CT molecular complexity index is 3260. The summed E-state index contributed by atoms with van der Waals surface area (Å²) >= 11 is 0. The highest BCUT2D eigenvalue weighted by Crippen LogP contribution is 2.50. The molecular weight excluding hydrogens is 759 g/mol. The van der Waals surface area contributed by atoms with Crippen LogP contribution in [0.15, 0.2) is 212 Å². The summed E-state index contributed by atoms with van der Waals surface area (Å²) in [5.74, 6) is 0. The second-order valence-electron chi connectivity index (χ2n) is 19.0. The Hall–Kier alpha value is -7.22. The maximum absolute atomic E-state index is 2.52. The Labute approximate surface area is 372 Å². The molecule has 0 atom stereocenters. The van der Waals surface area contributed by atoms with Gasteiger partial charge in [-0.05, 0) is 100 Å². The summed E-state index contributed by atoms with van der Waals surface area (Å²) in [7, 11) is 0. The Balaban J connectivity index is 1.27. The fourth-order valence-electron chi connectivity index (χ4n) is 9.46. The molecule has 0 aliphatic carbocycles. The van der Waals surface area contributed by atoms with Crippen molar-refractivity contribution in [2.24, 2.45) is 0 Å². The lowest BCUT2D eigenvalue weighted by molar-refractivity contribution is 0.569. The van der Waals surface area contributed by atoms with Crippen molar-refractivity contribution in [2.75, 3.05) is 4.90 Å². The molecule has 1 heteroatoms. The molecule has 0 aliphatic heterocycles. The average Bonchev–Trinajstić information content (AvgIpc) is 3.31. The Morgan fingerprint density at radius 2 is 0.667 bits per heavy atom. The summed E-state index contributed by atoms with van der Waals surface area (Å²) in [6.07, 6.45) is 0. The number of anilines is 3. The topological polar surface area (TPSA) is 3.24 Å². The number of fused-ring (bicyclic) bond motifs is 3. The fourth-order valence-corrected chi connectivity index (χ4v) is 9.46. The summed E-state index contributed by atoms with van der Waals surface area (Å²) < 4.78 is 0. The third kappa shape index (κ3) is 7.38. The maximum atomic E-state index is 2.52. The van der Waals surface area contributed by atoms with E-state index < -0.39 is 0 Å². The SMILES string of the molecule is CC(C)(C)c1cc(-c2cccc3cccc(-c4ccccc4N(c4ccccc4-c4cccc5cccc(-c6ccccc6)c45)c4cccc5ccccc45)c23)cc(C(C)(C)C)c1. The van der Waals surface area contributed by atoms with Crippen molar-refractivity contribution in [3.05, 3.63) is 223 Å². The molecular formula is C62H53N. The summed E-state index contributed by atoms with van der Waals surface area (Å²) in [4.78, 5) is 2.52. The largest absolute Gasteiger partial charge is 0.309 e. The second-order valence-corrected chi connectivity index (χ2v) is 19.0. The second kappa shape index (κ2) is 15.9. The fraction of sp³-hybridized carbons (Fsp3) is 0.129. The zero-order chi connectivity index (χ0) is 43.3. The van der Waals surface area contributed by atoms with Gasteiger partial charge in [-0.15, -0.1) is 0 Å². The smallest absolute Gasteiger partial charge is 0.0540 e. The molecule has 10 rings (SSSR count). The molecule has 0 radical (unpaired) electrons. The first-order chi connectivity index (χ1) is 30.5. The van der Waals surface area contributed by atoms with Crippen molar-refractivity contribution >= 4 is 49.4 Å². The van der Waals surface area contributed by atoms with Gasteiger partial charge in [0.1, 0.15) is 0 Å². The van der Waals surface area contributed by atoms with E-state index in [0.717, 1.165) is 17.1 Å². The third-order valence-electron chi connectivity index (χ3n) is 12.7. The van der Waals surface area contributed by atoms with Gasteiger partial charge in [0.25, 0.3) is 0 Å². The van der Waals surface area contributed by atoms with Crippen LogP contribution >= 0.6 is 0 Å². The van der Waals surface area contributed by atoms with Crippen LogP contribution in [0.25, 0.3) is 76.8 Å². The van der Waals surface area contributed by atoms with E-state index in [1.165, 1.54) is 88.0 Å². The molecule has 0 spiro atoms. The van der Waals surface area contributed by atoms with Crippen LogP contribution < -0.4 is 4.90 Å². The van der Waals surface area contributed by atoms with Crippen LogP contribution in [0.2, 0.25) is 0 Å². The van der Waals surface area contributed by atoms with Gasteiger partial charge in [-0.25, -0.2) is 0 Å². The van der Waals surface area contributed by atoms with Gasteiger partial charge in [-0.3, -0.25) is 0 Å². The number of rotatable bonds is 7. The molecule has 0 heterocycles. The molecule has 0 N–H and O–H groups in total. The molecule has 10 aromatic carbocycles. The van der Waals surface area contributed by atoms with E-state index in [9.17, 15) is 0 Å². The minimum Gasteiger partial charge on any atom is -0.309 e. The highest BCUT2D eigenvalue weighted by atomic mass is 15.1. The van der Waals surface area contributed by atoms with Crippen molar-refractivity contribution in [3.8, 4) is 44.5 Å². The van der Waals surface area contributed by atoms with Crippen LogP contribution in [0.1, 0.15) is 52.7 Å². The van der Waals surface area contributed by atoms with Gasteiger partial charge in [-0.1, -0.05) is 236 Å². The first-order valence-electron chi connectivity index (χ1n) is 22.3. The van der Waals surface area contributed by atoms with Crippen LogP contribution in [-0.2, 0) is 10.8 Å². The van der Waals surface area contributed by atoms with E-state index in [-0.39, 0.29) is 10.8 Å². The van der Waals surface area contributed by atoms with Gasteiger partial charge >= 0.3 is 0 Å². The number of benzene rings is 10. The lowest BCUT2D eigenvalue weighted by Gasteiger charge is -2.31. The standard InChI is InChI=1S/C62H53N/c1-61(2,3)47-39-46(40-48(41-47)62(4,5)6)51-33-17-26-45-28-19-35-55(60(45)51)53-31-13-15-37-58(53)63(56-38-20-24-42-23-10-11-29-49(42)56)57-36-14-12-30-52(57)54-34-18-27-44-25-16-32-50(59(44)54)43-21-8-7-9-22-43/h7-41H,1-6H3. The molecule has 0 amide bonds. The Morgan fingerprint density at radius 3 is 1.21 bits per heavy atom. The summed E-state index contributed by atoms with van der Waals surface area (Å²) in [6.45, 7) is 13.9. The van der Waals surface area contributed by atoms with Gasteiger partial charge in [-0.2, -0.15) is 0 Å². The van der Waals surface area contributed by atoms with Crippen LogP contribution in [0.5, 0.6) is 0 Å². The van der Waals surface area contributed by atoms with Gasteiger partial charge in [0.2, 0.25) is 0 Å². The van der Waals surface area contributed by atoms with Gasteiger partial charge < -0.3 is 4.90 Å². The van der Waals surface area contributed by atoms with E-state index in [0.29, 0.717) is 0 Å². The van der Waals surface area contributed by atoms with E-state index in [1.54, 1.807) is 0 Å². The maximum Gasteiger partial charge on any atom is 0.0540 e. The van der Waals surface area contributed by atoms with Crippen LogP contribution in [-0.4, -0.2) is 0 Å². The molecule has 0 saturated carbocycles. The number of para-hydroxylation sites is 2. The number of nitrogens with zero attached hydrogens (tertiary/aromatic N) is 1. The highest BCUT2D eigenvalue weighted by molar-refractivity contribution is 6.12. The minimum atomic E-state index is -0.00564. The zero-order valence-corrected chi connectivity index (χ0v) is 37.2. The molecule has 0 aliphatic rings. The molecule has 0 saturated heterocycles. The lowest BCUT2D eigenvalue weighted by Crippen LogP contribution is -2.16. The van der Waals surface area contributed by atoms with Crippen LogP contribution in [0.4, 0.5) is 17.1 Å². The van der Waals surface area contributed by atoms with Gasteiger partial charge in [0.05, 0.1) is 17.1 Å². The summed E-state index contributed by atoms with van der Waals surface area (Å²) in [5, 5.41) is 7.34. The quantitative estimate of drug-likeness (QED) is 0.155. The third-order valence-corrected chi connectivity index (χ3v) is 12.7. The van der Waals surface area contributed by atoms with E-state index in [4.69, 9.17) is 0 Å². The highest BCUT2D eigenvalue weighted by Gasteiger charge is 2.26. The summed E-state index contributed by atoms with van der Waals surface area (Å²) in [5.41, 5.74) is 15.7. The molecule has 10 aromatic rings. The van der Waals surface area contributed by atoms with Crippen molar-refractivity contribution in [3.63, 3.8) is 0 Å². The van der Waals surface area contributed by atoms with Gasteiger partial charge in [0, 0.05) is 16.5 Å². The summed E-state index contributed by atoms with van der Waals surface area (Å²) in [6, 6.07) is 78.6. The molecule has 0 aromatic heterocycles. The van der Waals surface area contributed by atoms with Gasteiger partial charge in [0.15, 0.2) is 0 Å². The van der Waals surface area contributed by atoms with E-state index >= 15 is 0 Å². The first-order valence-corrected chi connectivity index (χ1v) is 22.3. The average molecular weight is 812 g/mol. The lowest BCUT2D eigenvalue weighted by atomic mass is 9.78. The van der Waals surface area contributed by atoms with Crippen LogP contribution in [0.3, 0.4) is 0 Å².